The first-order valence-corrected chi connectivity index (χ1v) is 10.2. The van der Waals surface area contributed by atoms with Crippen LogP contribution < -0.4 is 10.6 Å². The van der Waals surface area contributed by atoms with Crippen LogP contribution in [0.15, 0.2) is 29.6 Å². The minimum atomic E-state index is -0.646. The molecule has 2 heterocycles. The highest BCUT2D eigenvalue weighted by Gasteiger charge is 2.18. The van der Waals surface area contributed by atoms with Gasteiger partial charge in [0.1, 0.15) is 6.04 Å². The van der Waals surface area contributed by atoms with E-state index in [9.17, 15) is 9.59 Å². The van der Waals surface area contributed by atoms with E-state index < -0.39 is 6.04 Å². The van der Waals surface area contributed by atoms with E-state index in [-0.39, 0.29) is 11.8 Å². The van der Waals surface area contributed by atoms with E-state index in [1.165, 1.54) is 30.6 Å². The van der Waals surface area contributed by atoms with Gasteiger partial charge < -0.3 is 10.6 Å². The molecule has 1 aromatic carbocycles. The first-order chi connectivity index (χ1) is 13.0. The van der Waals surface area contributed by atoms with Crippen LogP contribution in [-0.2, 0) is 11.3 Å². The summed E-state index contributed by atoms with van der Waals surface area (Å²) in [5.74, 6) is -0.527. The van der Waals surface area contributed by atoms with Gasteiger partial charge in [-0.1, -0.05) is 24.1 Å². The molecule has 1 unspecified atom stereocenters. The first kappa shape index (κ1) is 19.5. The fraction of sp³-hybridized carbons (Fsp3) is 0.450. The molecule has 1 fully saturated rings. The third-order valence-electron chi connectivity index (χ3n) is 4.64. The summed E-state index contributed by atoms with van der Waals surface area (Å²) in [7, 11) is 0. The van der Waals surface area contributed by atoms with Gasteiger partial charge >= 0.3 is 0 Å². The number of nitrogens with one attached hydrogen (secondary N) is 2. The van der Waals surface area contributed by atoms with E-state index in [2.05, 4.69) is 20.5 Å². The van der Waals surface area contributed by atoms with Crippen molar-refractivity contribution in [3.8, 4) is 0 Å². The number of likely N-dealkylation sites (tertiary alicyclic amines) is 1. The molecule has 3 rings (SSSR count). The molecule has 2 aromatic rings. The van der Waals surface area contributed by atoms with E-state index in [0.717, 1.165) is 30.9 Å². The lowest BCUT2D eigenvalue weighted by molar-refractivity contribution is -0.117. The van der Waals surface area contributed by atoms with Crippen LogP contribution in [0, 0.1) is 6.92 Å². The fourth-order valence-electron chi connectivity index (χ4n) is 3.13. The topological polar surface area (TPSA) is 74.3 Å². The number of hydrogen-bond donors (Lipinski definition) is 2. The van der Waals surface area contributed by atoms with Gasteiger partial charge in [-0.05, 0) is 51.9 Å². The number of piperidine rings is 1. The number of aryl methyl sites for hydroxylation is 1. The van der Waals surface area contributed by atoms with E-state index >= 15 is 0 Å². The number of rotatable bonds is 6. The average Bonchev–Trinajstić information content (AvgIpc) is 3.09. The van der Waals surface area contributed by atoms with Crippen molar-refractivity contribution in [2.75, 3.05) is 18.4 Å². The molecule has 0 saturated carbocycles. The monoisotopic (exact) mass is 386 g/mol. The Balaban J connectivity index is 1.51. The van der Waals surface area contributed by atoms with E-state index in [1.54, 1.807) is 19.1 Å². The lowest BCUT2D eigenvalue weighted by Crippen LogP contribution is -2.41. The van der Waals surface area contributed by atoms with Gasteiger partial charge in [-0.2, -0.15) is 0 Å². The molecule has 2 N–H and O–H groups in total. The Morgan fingerprint density at radius 3 is 2.78 bits per heavy atom. The standard InChI is InChI=1S/C20H26N4O2S/c1-14-7-6-8-16(11-14)19(26)21-15(2)18(25)23-20-22-17(13-27-20)12-24-9-4-3-5-10-24/h6-8,11,13,15H,3-5,9-10,12H2,1-2H3,(H,21,26)(H,22,23,25). The molecule has 0 spiro atoms. The highest BCUT2D eigenvalue weighted by atomic mass is 32.1. The molecule has 1 aliphatic rings. The number of benzene rings is 1. The summed E-state index contributed by atoms with van der Waals surface area (Å²) >= 11 is 1.42. The Hall–Kier alpha value is -2.25. The predicted molar refractivity (Wildman–Crippen MR) is 108 cm³/mol. The van der Waals surface area contributed by atoms with Crippen LogP contribution in [0.5, 0.6) is 0 Å². The van der Waals surface area contributed by atoms with Crippen molar-refractivity contribution in [2.24, 2.45) is 0 Å². The normalized spacial score (nSPS) is 15.9. The van der Waals surface area contributed by atoms with Crippen LogP contribution in [0.3, 0.4) is 0 Å². The second kappa shape index (κ2) is 9.10. The molecule has 144 valence electrons. The molecule has 0 radical (unpaired) electrons. The van der Waals surface area contributed by atoms with Crippen LogP contribution in [0.25, 0.3) is 0 Å². The minimum absolute atomic E-state index is 0.258. The Morgan fingerprint density at radius 2 is 2.04 bits per heavy atom. The number of anilines is 1. The van der Waals surface area contributed by atoms with Crippen LogP contribution >= 0.6 is 11.3 Å². The van der Waals surface area contributed by atoms with Crippen molar-refractivity contribution < 1.29 is 9.59 Å². The lowest BCUT2D eigenvalue weighted by atomic mass is 10.1. The molecular formula is C20H26N4O2S. The molecule has 1 saturated heterocycles. The largest absolute Gasteiger partial charge is 0.341 e. The zero-order valence-electron chi connectivity index (χ0n) is 15.8. The Morgan fingerprint density at radius 1 is 1.26 bits per heavy atom. The summed E-state index contributed by atoms with van der Waals surface area (Å²) in [6, 6.07) is 6.65. The Kier molecular flexibility index (Phi) is 6.58. The fourth-order valence-corrected chi connectivity index (χ4v) is 3.83. The van der Waals surface area contributed by atoms with Gasteiger partial charge in [0.25, 0.3) is 5.91 Å². The van der Waals surface area contributed by atoms with Gasteiger partial charge in [-0.3, -0.25) is 14.5 Å². The molecule has 7 heteroatoms. The van der Waals surface area contributed by atoms with Crippen LogP contribution in [0.1, 0.15) is 47.8 Å². The molecule has 2 amide bonds. The minimum Gasteiger partial charge on any atom is -0.341 e. The third-order valence-corrected chi connectivity index (χ3v) is 5.44. The Labute approximate surface area is 164 Å². The van der Waals surface area contributed by atoms with Crippen LogP contribution in [0.2, 0.25) is 0 Å². The van der Waals surface area contributed by atoms with Crippen molar-refractivity contribution in [3.05, 3.63) is 46.5 Å². The molecule has 1 aromatic heterocycles. The zero-order chi connectivity index (χ0) is 19.2. The molecule has 1 atom stereocenters. The maximum Gasteiger partial charge on any atom is 0.251 e. The van der Waals surface area contributed by atoms with Crippen molar-refractivity contribution >= 4 is 28.3 Å². The summed E-state index contributed by atoms with van der Waals surface area (Å²) in [5, 5.41) is 8.10. The van der Waals surface area contributed by atoms with Gasteiger partial charge in [0.2, 0.25) is 5.91 Å². The maximum atomic E-state index is 12.4. The van der Waals surface area contributed by atoms with E-state index in [1.807, 2.05) is 24.4 Å². The number of hydrogen-bond acceptors (Lipinski definition) is 5. The maximum absolute atomic E-state index is 12.4. The number of amides is 2. The molecule has 1 aliphatic heterocycles. The highest BCUT2D eigenvalue weighted by Crippen LogP contribution is 2.19. The summed E-state index contributed by atoms with van der Waals surface area (Å²) in [6.07, 6.45) is 3.79. The summed E-state index contributed by atoms with van der Waals surface area (Å²) in [4.78, 5) is 31.6. The smallest absolute Gasteiger partial charge is 0.251 e. The van der Waals surface area contributed by atoms with Gasteiger partial charge in [0, 0.05) is 17.5 Å². The second-order valence-corrected chi connectivity index (χ2v) is 7.89. The highest BCUT2D eigenvalue weighted by molar-refractivity contribution is 7.13. The third kappa shape index (κ3) is 5.61. The SMILES string of the molecule is Cc1cccc(C(=O)NC(C)C(=O)Nc2nc(CN3CCCCC3)cs2)c1. The quantitative estimate of drug-likeness (QED) is 0.800. The van der Waals surface area contributed by atoms with Gasteiger partial charge in [0.15, 0.2) is 5.13 Å². The van der Waals surface area contributed by atoms with Crippen LogP contribution in [-0.4, -0.2) is 40.8 Å². The number of aromatic nitrogens is 1. The van der Waals surface area contributed by atoms with Gasteiger partial charge in [0.05, 0.1) is 5.69 Å². The molecule has 0 aliphatic carbocycles. The van der Waals surface area contributed by atoms with Crippen molar-refractivity contribution in [1.82, 2.24) is 15.2 Å². The van der Waals surface area contributed by atoms with Crippen molar-refractivity contribution in [1.29, 1.82) is 0 Å². The lowest BCUT2D eigenvalue weighted by Gasteiger charge is -2.25. The average molecular weight is 387 g/mol. The van der Waals surface area contributed by atoms with Gasteiger partial charge in [-0.15, -0.1) is 11.3 Å². The number of carbonyl (C=O) groups excluding carboxylic acids is 2. The van der Waals surface area contributed by atoms with E-state index in [0.29, 0.717) is 10.7 Å². The van der Waals surface area contributed by atoms with E-state index in [4.69, 9.17) is 0 Å². The van der Waals surface area contributed by atoms with Gasteiger partial charge in [-0.25, -0.2) is 4.98 Å². The molecular weight excluding hydrogens is 360 g/mol. The number of nitrogens with zero attached hydrogens (tertiary/aromatic N) is 2. The second-order valence-electron chi connectivity index (χ2n) is 7.03. The predicted octanol–water partition coefficient (Wildman–Crippen LogP) is 3.19. The number of carbonyl (C=O) groups is 2. The van der Waals surface area contributed by atoms with Crippen LogP contribution in [0.4, 0.5) is 5.13 Å². The Bertz CT molecular complexity index is 799. The zero-order valence-corrected chi connectivity index (χ0v) is 16.6. The summed E-state index contributed by atoms with van der Waals surface area (Å²) < 4.78 is 0. The summed E-state index contributed by atoms with van der Waals surface area (Å²) in [6.45, 7) is 6.65. The summed E-state index contributed by atoms with van der Waals surface area (Å²) in [5.41, 5.74) is 2.53. The number of thiazole rings is 1. The molecule has 6 nitrogen and oxygen atoms in total. The van der Waals surface area contributed by atoms with Crippen molar-refractivity contribution in [2.45, 2.75) is 45.7 Å². The molecule has 0 bridgehead atoms. The first-order valence-electron chi connectivity index (χ1n) is 9.36. The molecule has 27 heavy (non-hydrogen) atoms. The van der Waals surface area contributed by atoms with Crippen molar-refractivity contribution in [3.63, 3.8) is 0 Å².